The van der Waals surface area contributed by atoms with Crippen molar-refractivity contribution in [2.45, 2.75) is 64.8 Å². The number of carbonyl (C=O) groups excluding carboxylic acids is 3. The van der Waals surface area contributed by atoms with Crippen LogP contribution in [0.5, 0.6) is 0 Å². The van der Waals surface area contributed by atoms with E-state index in [1.54, 1.807) is 4.90 Å². The van der Waals surface area contributed by atoms with Gasteiger partial charge in [0.2, 0.25) is 5.91 Å². The van der Waals surface area contributed by atoms with E-state index >= 15 is 0 Å². The first kappa shape index (κ1) is 17.8. The molecule has 23 heavy (non-hydrogen) atoms. The zero-order chi connectivity index (χ0) is 17.0. The van der Waals surface area contributed by atoms with E-state index in [0.29, 0.717) is 31.8 Å². The van der Waals surface area contributed by atoms with Crippen LogP contribution >= 0.6 is 0 Å². The number of nitrogens with one attached hydrogen (secondary N) is 1. The van der Waals surface area contributed by atoms with Gasteiger partial charge in [-0.25, -0.2) is 4.79 Å². The lowest BCUT2D eigenvalue weighted by Gasteiger charge is -2.33. The van der Waals surface area contributed by atoms with Gasteiger partial charge in [0.25, 0.3) is 5.91 Å². The second-order valence-corrected chi connectivity index (χ2v) is 6.91. The molecular formula is C17H29N3O3. The number of carbonyl (C=O) groups is 3. The largest absolute Gasteiger partial charge is 0.341 e. The molecule has 0 unspecified atom stereocenters. The summed E-state index contributed by atoms with van der Waals surface area (Å²) in [5.41, 5.74) is -0.760. The molecule has 0 bridgehead atoms. The highest BCUT2D eigenvalue weighted by Crippen LogP contribution is 2.36. The first-order valence-electron chi connectivity index (χ1n) is 8.85. The number of amides is 4. The molecule has 1 aliphatic heterocycles. The van der Waals surface area contributed by atoms with Crippen LogP contribution in [0.4, 0.5) is 4.79 Å². The van der Waals surface area contributed by atoms with Crippen molar-refractivity contribution >= 4 is 17.8 Å². The van der Waals surface area contributed by atoms with E-state index in [2.05, 4.69) is 19.2 Å². The summed E-state index contributed by atoms with van der Waals surface area (Å²) in [7, 11) is 0. The Morgan fingerprint density at radius 2 is 1.96 bits per heavy atom. The van der Waals surface area contributed by atoms with Crippen molar-refractivity contribution in [2.24, 2.45) is 5.92 Å². The molecule has 0 aromatic heterocycles. The molecule has 1 heterocycles. The van der Waals surface area contributed by atoms with Gasteiger partial charge in [0.1, 0.15) is 12.1 Å². The van der Waals surface area contributed by atoms with Gasteiger partial charge in [0, 0.05) is 13.1 Å². The van der Waals surface area contributed by atoms with E-state index in [9.17, 15) is 14.4 Å². The summed E-state index contributed by atoms with van der Waals surface area (Å²) in [5, 5.41) is 2.86. The molecule has 1 saturated carbocycles. The second kappa shape index (κ2) is 7.32. The Labute approximate surface area is 138 Å². The highest BCUT2D eigenvalue weighted by molar-refractivity contribution is 6.09. The number of hydrogen-bond acceptors (Lipinski definition) is 3. The summed E-state index contributed by atoms with van der Waals surface area (Å²) < 4.78 is 0. The minimum atomic E-state index is -0.760. The highest BCUT2D eigenvalue weighted by atomic mass is 16.2. The second-order valence-electron chi connectivity index (χ2n) is 6.91. The van der Waals surface area contributed by atoms with Crippen LogP contribution in [0.2, 0.25) is 0 Å². The average molecular weight is 323 g/mol. The molecule has 130 valence electrons. The first-order valence-corrected chi connectivity index (χ1v) is 8.85. The Morgan fingerprint density at radius 3 is 2.52 bits per heavy atom. The van der Waals surface area contributed by atoms with Crippen LogP contribution in [0.25, 0.3) is 0 Å². The van der Waals surface area contributed by atoms with Crippen LogP contribution in [0.15, 0.2) is 0 Å². The van der Waals surface area contributed by atoms with Crippen molar-refractivity contribution in [1.29, 1.82) is 0 Å². The zero-order valence-corrected chi connectivity index (χ0v) is 14.6. The number of unbranched alkanes of at least 4 members (excludes halogenated alkanes) is 1. The molecule has 0 radical (unpaired) electrons. The summed E-state index contributed by atoms with van der Waals surface area (Å²) in [6.07, 6.45) is 5.17. The Balaban J connectivity index is 2.01. The molecule has 2 rings (SSSR count). The number of nitrogens with zero attached hydrogens (tertiary/aromatic N) is 2. The fourth-order valence-electron chi connectivity index (χ4n) is 3.46. The molecule has 2 fully saturated rings. The molecule has 0 atom stereocenters. The SMILES string of the molecule is CCCCN(CC)C(=O)CN1C(=O)NC2(CCC(C)CC2)C1=O. The van der Waals surface area contributed by atoms with Crippen molar-refractivity contribution < 1.29 is 14.4 Å². The number of hydrogen-bond donors (Lipinski definition) is 1. The van der Waals surface area contributed by atoms with Crippen LogP contribution < -0.4 is 5.32 Å². The van der Waals surface area contributed by atoms with Crippen molar-refractivity contribution in [3.05, 3.63) is 0 Å². The fraction of sp³-hybridized carbons (Fsp3) is 0.824. The highest BCUT2D eigenvalue weighted by Gasteiger charge is 2.52. The van der Waals surface area contributed by atoms with Gasteiger partial charge in [-0.15, -0.1) is 0 Å². The molecule has 2 aliphatic rings. The third-order valence-corrected chi connectivity index (χ3v) is 5.18. The van der Waals surface area contributed by atoms with Crippen LogP contribution in [0.1, 0.15) is 59.3 Å². The fourth-order valence-corrected chi connectivity index (χ4v) is 3.46. The Hall–Kier alpha value is -1.59. The minimum Gasteiger partial charge on any atom is -0.341 e. The van der Waals surface area contributed by atoms with E-state index in [1.165, 1.54) is 0 Å². The monoisotopic (exact) mass is 323 g/mol. The number of urea groups is 1. The summed E-state index contributed by atoms with van der Waals surface area (Å²) in [5.74, 6) is 0.227. The molecule has 0 aromatic carbocycles. The maximum absolute atomic E-state index is 12.7. The van der Waals surface area contributed by atoms with Gasteiger partial charge in [-0.05, 0) is 44.9 Å². The van der Waals surface area contributed by atoms with Crippen molar-refractivity contribution in [1.82, 2.24) is 15.1 Å². The van der Waals surface area contributed by atoms with Crippen molar-refractivity contribution in [3.63, 3.8) is 0 Å². The number of imide groups is 1. The standard InChI is InChI=1S/C17H29N3O3/c1-4-6-11-19(5-2)14(21)12-20-15(22)17(18-16(20)23)9-7-13(3)8-10-17/h13H,4-12H2,1-3H3,(H,18,23). The summed E-state index contributed by atoms with van der Waals surface area (Å²) in [6.45, 7) is 7.30. The molecule has 1 saturated heterocycles. The predicted molar refractivity (Wildman–Crippen MR) is 87.8 cm³/mol. The third-order valence-electron chi connectivity index (χ3n) is 5.18. The summed E-state index contributed by atoms with van der Waals surface area (Å²) in [6, 6.07) is -0.413. The normalized spacial score (nSPS) is 27.4. The topological polar surface area (TPSA) is 69.7 Å². The maximum atomic E-state index is 12.7. The lowest BCUT2D eigenvalue weighted by molar-refractivity contribution is -0.139. The van der Waals surface area contributed by atoms with Crippen LogP contribution in [-0.4, -0.2) is 52.8 Å². The molecular weight excluding hydrogens is 294 g/mol. The van der Waals surface area contributed by atoms with Gasteiger partial charge in [0.05, 0.1) is 0 Å². The van der Waals surface area contributed by atoms with E-state index in [4.69, 9.17) is 0 Å². The molecule has 1 aliphatic carbocycles. The van der Waals surface area contributed by atoms with Crippen LogP contribution in [-0.2, 0) is 9.59 Å². The van der Waals surface area contributed by atoms with E-state index in [1.807, 2.05) is 6.92 Å². The van der Waals surface area contributed by atoms with Gasteiger partial charge >= 0.3 is 6.03 Å². The van der Waals surface area contributed by atoms with Gasteiger partial charge < -0.3 is 10.2 Å². The summed E-state index contributed by atoms with van der Waals surface area (Å²) in [4.78, 5) is 40.2. The van der Waals surface area contributed by atoms with Crippen molar-refractivity contribution in [2.75, 3.05) is 19.6 Å². The number of likely N-dealkylation sites (N-methyl/N-ethyl adjacent to an activating group) is 1. The molecule has 6 heteroatoms. The van der Waals surface area contributed by atoms with E-state index in [0.717, 1.165) is 30.6 Å². The lowest BCUT2D eigenvalue weighted by atomic mass is 9.77. The van der Waals surface area contributed by atoms with E-state index < -0.39 is 11.6 Å². The van der Waals surface area contributed by atoms with Gasteiger partial charge in [-0.1, -0.05) is 20.3 Å². The van der Waals surface area contributed by atoms with E-state index in [-0.39, 0.29) is 18.4 Å². The smallest absolute Gasteiger partial charge is 0.325 e. The quantitative estimate of drug-likeness (QED) is 0.761. The third kappa shape index (κ3) is 3.67. The van der Waals surface area contributed by atoms with Gasteiger partial charge in [0.15, 0.2) is 0 Å². The Morgan fingerprint density at radius 1 is 1.30 bits per heavy atom. The lowest BCUT2D eigenvalue weighted by Crippen LogP contribution is -2.50. The van der Waals surface area contributed by atoms with Gasteiger partial charge in [-0.3, -0.25) is 14.5 Å². The Bertz CT molecular complexity index is 470. The molecule has 6 nitrogen and oxygen atoms in total. The maximum Gasteiger partial charge on any atom is 0.325 e. The predicted octanol–water partition coefficient (Wildman–Crippen LogP) is 2.14. The minimum absolute atomic E-state index is 0.139. The molecule has 4 amide bonds. The Kier molecular flexibility index (Phi) is 5.65. The number of rotatable bonds is 6. The van der Waals surface area contributed by atoms with Gasteiger partial charge in [-0.2, -0.15) is 0 Å². The molecule has 0 aromatic rings. The zero-order valence-electron chi connectivity index (χ0n) is 14.6. The first-order chi connectivity index (χ1) is 10.9. The summed E-state index contributed by atoms with van der Waals surface area (Å²) >= 11 is 0. The van der Waals surface area contributed by atoms with Crippen LogP contribution in [0.3, 0.4) is 0 Å². The molecule has 1 N–H and O–H groups in total. The van der Waals surface area contributed by atoms with Crippen LogP contribution in [0, 0.1) is 5.92 Å². The molecule has 1 spiro atoms. The average Bonchev–Trinajstić information content (AvgIpc) is 2.76. The van der Waals surface area contributed by atoms with Crippen molar-refractivity contribution in [3.8, 4) is 0 Å².